The number of rotatable bonds is 3. The molecule has 0 saturated carbocycles. The van der Waals surface area contributed by atoms with Crippen molar-refractivity contribution in [3.05, 3.63) is 83.4 Å². The molecule has 2 nitrogen and oxygen atoms in total. The summed E-state index contributed by atoms with van der Waals surface area (Å²) in [5.41, 5.74) is 2.38. The summed E-state index contributed by atoms with van der Waals surface area (Å²) < 4.78 is 0. The van der Waals surface area contributed by atoms with E-state index < -0.39 is 5.97 Å². The second kappa shape index (κ2) is 5.41. The Morgan fingerprint density at radius 3 is 2.29 bits per heavy atom. The highest BCUT2D eigenvalue weighted by Gasteiger charge is 2.17. The van der Waals surface area contributed by atoms with Gasteiger partial charge >= 0.3 is 5.97 Å². The van der Waals surface area contributed by atoms with Crippen molar-refractivity contribution in [3.8, 4) is 0 Å². The number of carbonyl (C=O) groups is 1. The highest BCUT2D eigenvalue weighted by Crippen LogP contribution is 2.32. The van der Waals surface area contributed by atoms with Crippen molar-refractivity contribution >= 4 is 16.7 Å². The highest BCUT2D eigenvalue weighted by molar-refractivity contribution is 5.91. The molecule has 0 aliphatic heterocycles. The van der Waals surface area contributed by atoms with E-state index in [1.807, 2.05) is 30.3 Å². The normalized spacial score (nSPS) is 12.2. The van der Waals surface area contributed by atoms with Gasteiger partial charge in [-0.2, -0.15) is 0 Å². The molecular weight excluding hydrogens is 260 g/mol. The van der Waals surface area contributed by atoms with Crippen molar-refractivity contribution in [2.24, 2.45) is 0 Å². The number of carboxylic acids is 1. The molecule has 0 saturated heterocycles. The Labute approximate surface area is 123 Å². The van der Waals surface area contributed by atoms with E-state index in [0.29, 0.717) is 5.56 Å². The first kappa shape index (κ1) is 13.4. The number of carboxylic acid groups (broad SMARTS) is 1. The van der Waals surface area contributed by atoms with E-state index in [0.717, 1.165) is 11.1 Å². The molecule has 0 heterocycles. The van der Waals surface area contributed by atoms with Crippen LogP contribution in [0.25, 0.3) is 10.8 Å². The molecule has 0 radical (unpaired) electrons. The predicted octanol–water partition coefficient (Wildman–Crippen LogP) is 4.69. The fraction of sp³-hybridized carbons (Fsp3) is 0.105. The van der Waals surface area contributed by atoms with Gasteiger partial charge in [-0.25, -0.2) is 4.79 Å². The zero-order chi connectivity index (χ0) is 14.8. The van der Waals surface area contributed by atoms with Crippen molar-refractivity contribution in [3.63, 3.8) is 0 Å². The van der Waals surface area contributed by atoms with Gasteiger partial charge in [0.05, 0.1) is 5.56 Å². The molecule has 3 aromatic rings. The molecule has 0 aliphatic carbocycles. The molecule has 3 rings (SSSR count). The molecule has 3 aromatic carbocycles. The second-order valence-corrected chi connectivity index (χ2v) is 5.18. The molecule has 0 amide bonds. The molecule has 2 heteroatoms. The number of hydrogen-bond donors (Lipinski definition) is 1. The van der Waals surface area contributed by atoms with Gasteiger partial charge in [0.25, 0.3) is 0 Å². The van der Waals surface area contributed by atoms with Gasteiger partial charge in [-0.3, -0.25) is 0 Å². The predicted molar refractivity (Wildman–Crippen MR) is 84.9 cm³/mol. The Hall–Kier alpha value is -2.61. The Morgan fingerprint density at radius 1 is 0.857 bits per heavy atom. The smallest absolute Gasteiger partial charge is 0.335 e. The van der Waals surface area contributed by atoms with E-state index >= 15 is 0 Å². The first-order valence-electron chi connectivity index (χ1n) is 6.98. The molecule has 21 heavy (non-hydrogen) atoms. The lowest BCUT2D eigenvalue weighted by atomic mass is 9.87. The third kappa shape index (κ3) is 2.40. The van der Waals surface area contributed by atoms with Gasteiger partial charge in [0, 0.05) is 5.92 Å². The summed E-state index contributed by atoms with van der Waals surface area (Å²) in [7, 11) is 0. The summed E-state index contributed by atoms with van der Waals surface area (Å²) in [6.07, 6.45) is 0. The second-order valence-electron chi connectivity index (χ2n) is 5.18. The van der Waals surface area contributed by atoms with Crippen LogP contribution >= 0.6 is 0 Å². The van der Waals surface area contributed by atoms with Crippen molar-refractivity contribution in [1.29, 1.82) is 0 Å². The van der Waals surface area contributed by atoms with Crippen LogP contribution in [-0.2, 0) is 0 Å². The van der Waals surface area contributed by atoms with Crippen molar-refractivity contribution in [2.45, 2.75) is 12.8 Å². The van der Waals surface area contributed by atoms with Gasteiger partial charge in [0.1, 0.15) is 0 Å². The average molecular weight is 276 g/mol. The maximum absolute atomic E-state index is 11.4. The van der Waals surface area contributed by atoms with Crippen LogP contribution in [-0.4, -0.2) is 11.1 Å². The van der Waals surface area contributed by atoms with E-state index in [4.69, 9.17) is 0 Å². The number of fused-ring (bicyclic) bond motifs is 1. The van der Waals surface area contributed by atoms with E-state index in [9.17, 15) is 9.90 Å². The topological polar surface area (TPSA) is 37.3 Å². The van der Waals surface area contributed by atoms with E-state index in [1.54, 1.807) is 12.1 Å². The summed E-state index contributed by atoms with van der Waals surface area (Å²) in [5, 5.41) is 11.7. The zero-order valence-electron chi connectivity index (χ0n) is 11.8. The van der Waals surface area contributed by atoms with Crippen molar-refractivity contribution < 1.29 is 9.90 Å². The molecule has 0 fully saturated rings. The average Bonchev–Trinajstić information content (AvgIpc) is 2.53. The minimum absolute atomic E-state index is 0.0309. The lowest BCUT2D eigenvalue weighted by Gasteiger charge is -2.17. The number of hydrogen-bond acceptors (Lipinski definition) is 1. The Morgan fingerprint density at radius 2 is 1.48 bits per heavy atom. The maximum atomic E-state index is 11.4. The van der Waals surface area contributed by atoms with Crippen LogP contribution in [0.1, 0.15) is 34.3 Å². The standard InChI is InChI=1S/C19H16O2/c1-13(16-9-4-5-11-18(16)19(20)21)15-12-6-8-14-7-2-3-10-17(14)15/h2-13H,1H3,(H,20,21)/t13-/m0/s1. The molecule has 0 spiro atoms. The minimum atomic E-state index is -0.877. The third-order valence-electron chi connectivity index (χ3n) is 3.95. The summed E-state index contributed by atoms with van der Waals surface area (Å²) in [6, 6.07) is 21.6. The molecule has 1 N–H and O–H groups in total. The molecule has 0 aromatic heterocycles. The lowest BCUT2D eigenvalue weighted by molar-refractivity contribution is 0.0695. The Kier molecular flexibility index (Phi) is 3.44. The number of benzene rings is 3. The van der Waals surface area contributed by atoms with Gasteiger partial charge in [-0.05, 0) is 28.0 Å². The quantitative estimate of drug-likeness (QED) is 0.753. The van der Waals surface area contributed by atoms with Crippen LogP contribution in [0, 0.1) is 0 Å². The van der Waals surface area contributed by atoms with Crippen LogP contribution in [0.4, 0.5) is 0 Å². The number of aromatic carboxylic acids is 1. The van der Waals surface area contributed by atoms with Crippen LogP contribution in [0.5, 0.6) is 0 Å². The highest BCUT2D eigenvalue weighted by atomic mass is 16.4. The first-order chi connectivity index (χ1) is 10.2. The zero-order valence-corrected chi connectivity index (χ0v) is 11.8. The largest absolute Gasteiger partial charge is 0.478 e. The Bertz CT molecular complexity index is 800. The van der Waals surface area contributed by atoms with Gasteiger partial charge in [0.15, 0.2) is 0 Å². The van der Waals surface area contributed by atoms with Gasteiger partial charge < -0.3 is 5.11 Å². The van der Waals surface area contributed by atoms with Gasteiger partial charge in [-0.1, -0.05) is 67.6 Å². The summed E-state index contributed by atoms with van der Waals surface area (Å²) in [4.78, 5) is 11.4. The molecule has 0 aliphatic rings. The fourth-order valence-corrected chi connectivity index (χ4v) is 2.86. The Balaban J connectivity index is 2.18. The van der Waals surface area contributed by atoms with Crippen molar-refractivity contribution in [2.75, 3.05) is 0 Å². The van der Waals surface area contributed by atoms with E-state index in [-0.39, 0.29) is 5.92 Å². The van der Waals surface area contributed by atoms with Crippen molar-refractivity contribution in [1.82, 2.24) is 0 Å². The van der Waals surface area contributed by atoms with Gasteiger partial charge in [0.2, 0.25) is 0 Å². The maximum Gasteiger partial charge on any atom is 0.335 e. The third-order valence-corrected chi connectivity index (χ3v) is 3.95. The molecule has 1 atom stereocenters. The first-order valence-corrected chi connectivity index (χ1v) is 6.98. The molecule has 0 bridgehead atoms. The van der Waals surface area contributed by atoms with Crippen LogP contribution < -0.4 is 0 Å². The lowest BCUT2D eigenvalue weighted by Crippen LogP contribution is -2.06. The minimum Gasteiger partial charge on any atom is -0.478 e. The summed E-state index contributed by atoms with van der Waals surface area (Å²) in [6.45, 7) is 2.06. The summed E-state index contributed by atoms with van der Waals surface area (Å²) in [5.74, 6) is -0.846. The van der Waals surface area contributed by atoms with E-state index in [2.05, 4.69) is 31.2 Å². The van der Waals surface area contributed by atoms with Crippen LogP contribution in [0.2, 0.25) is 0 Å². The monoisotopic (exact) mass is 276 g/mol. The fourth-order valence-electron chi connectivity index (χ4n) is 2.86. The van der Waals surface area contributed by atoms with Crippen LogP contribution in [0.3, 0.4) is 0 Å². The SMILES string of the molecule is C[C@H](c1ccccc1C(=O)O)c1cccc2ccccc12. The van der Waals surface area contributed by atoms with E-state index in [1.165, 1.54) is 10.8 Å². The van der Waals surface area contributed by atoms with Gasteiger partial charge in [-0.15, -0.1) is 0 Å². The summed E-state index contributed by atoms with van der Waals surface area (Å²) >= 11 is 0. The van der Waals surface area contributed by atoms with Crippen LogP contribution in [0.15, 0.2) is 66.7 Å². The molecule has 0 unspecified atom stereocenters. The molecular formula is C19H16O2. The molecule has 104 valence electrons.